The molecule has 1 aliphatic carbocycles. The minimum atomic E-state index is 0. The van der Waals surface area contributed by atoms with E-state index in [9.17, 15) is 0 Å². The first kappa shape index (κ1) is 26.6. The van der Waals surface area contributed by atoms with Crippen molar-refractivity contribution in [3.63, 3.8) is 0 Å². The number of hydrogen-bond acceptors (Lipinski definition) is 4. The van der Waals surface area contributed by atoms with Crippen molar-refractivity contribution in [2.45, 2.75) is 77.5 Å². The summed E-state index contributed by atoms with van der Waals surface area (Å²) < 4.78 is 2.00. The van der Waals surface area contributed by atoms with Crippen LogP contribution >= 0.6 is 24.0 Å². The van der Waals surface area contributed by atoms with Gasteiger partial charge in [-0.05, 0) is 45.7 Å². The molecule has 1 fully saturated rings. The van der Waals surface area contributed by atoms with Crippen LogP contribution in [0.25, 0.3) is 0 Å². The highest BCUT2D eigenvalue weighted by atomic mass is 127. The summed E-state index contributed by atoms with van der Waals surface area (Å²) in [6.45, 7) is 6.64. The minimum absolute atomic E-state index is 0. The molecule has 1 aromatic heterocycles. The third-order valence-corrected chi connectivity index (χ3v) is 6.39. The highest BCUT2D eigenvalue weighted by Crippen LogP contribution is 2.17. The molecule has 1 saturated carbocycles. The van der Waals surface area contributed by atoms with Gasteiger partial charge in [-0.3, -0.25) is 4.90 Å². The Balaban J connectivity index is 0.00000363. The van der Waals surface area contributed by atoms with Crippen LogP contribution in [0, 0.1) is 6.92 Å². The molecule has 2 aromatic rings. The van der Waals surface area contributed by atoms with Gasteiger partial charge in [-0.15, -0.1) is 34.2 Å². The molecule has 178 valence electrons. The van der Waals surface area contributed by atoms with Crippen LogP contribution < -0.4 is 10.6 Å². The molecule has 0 radical (unpaired) electrons. The van der Waals surface area contributed by atoms with Crippen LogP contribution in [-0.2, 0) is 20.1 Å². The maximum Gasteiger partial charge on any atom is 0.191 e. The number of benzene rings is 1. The topological polar surface area (TPSA) is 70.4 Å². The van der Waals surface area contributed by atoms with E-state index < -0.39 is 0 Å². The first-order valence-electron chi connectivity index (χ1n) is 11.7. The van der Waals surface area contributed by atoms with Crippen molar-refractivity contribution >= 4 is 29.9 Å². The van der Waals surface area contributed by atoms with E-state index in [0.717, 1.165) is 37.1 Å². The van der Waals surface area contributed by atoms with Crippen LogP contribution in [0.2, 0.25) is 0 Å². The zero-order valence-corrected chi connectivity index (χ0v) is 22.4. The van der Waals surface area contributed by atoms with Crippen LogP contribution in [-0.4, -0.2) is 51.3 Å². The van der Waals surface area contributed by atoms with Gasteiger partial charge in [-0.2, -0.15) is 0 Å². The summed E-state index contributed by atoms with van der Waals surface area (Å²) in [7, 11) is 4.19. The van der Waals surface area contributed by atoms with E-state index in [-0.39, 0.29) is 24.0 Å². The van der Waals surface area contributed by atoms with Crippen LogP contribution in [0.1, 0.15) is 62.7 Å². The number of aliphatic imine (C=N–C) groups is 1. The van der Waals surface area contributed by atoms with Gasteiger partial charge in [-0.1, -0.05) is 49.6 Å². The first-order chi connectivity index (χ1) is 15.0. The lowest BCUT2D eigenvalue weighted by Crippen LogP contribution is -2.45. The van der Waals surface area contributed by atoms with Gasteiger partial charge in [0.15, 0.2) is 11.8 Å². The van der Waals surface area contributed by atoms with Crippen molar-refractivity contribution in [2.75, 3.05) is 13.6 Å². The maximum atomic E-state index is 4.83. The number of aromatic nitrogens is 3. The highest BCUT2D eigenvalue weighted by Gasteiger charge is 2.16. The molecule has 1 unspecified atom stereocenters. The lowest BCUT2D eigenvalue weighted by atomic mass is 9.96. The van der Waals surface area contributed by atoms with Gasteiger partial charge in [-0.25, -0.2) is 4.99 Å². The van der Waals surface area contributed by atoms with Gasteiger partial charge in [0.1, 0.15) is 12.4 Å². The summed E-state index contributed by atoms with van der Waals surface area (Å²) in [6, 6.07) is 11.6. The third kappa shape index (κ3) is 8.35. The summed E-state index contributed by atoms with van der Waals surface area (Å²) in [6.07, 6.45) is 7.45. The second kappa shape index (κ2) is 13.8. The van der Waals surface area contributed by atoms with Crippen LogP contribution in [0.5, 0.6) is 0 Å². The number of hydrogen-bond donors (Lipinski definition) is 2. The van der Waals surface area contributed by atoms with Crippen LogP contribution in [0.15, 0.2) is 35.3 Å². The molecule has 0 bridgehead atoms. The van der Waals surface area contributed by atoms with Crippen LogP contribution in [0.4, 0.5) is 0 Å². The Morgan fingerprint density at radius 3 is 2.56 bits per heavy atom. The summed E-state index contributed by atoms with van der Waals surface area (Å²) in [5.41, 5.74) is 1.35. The molecule has 0 spiro atoms. The molecule has 3 rings (SSSR count). The molecule has 0 aliphatic heterocycles. The molecule has 0 saturated heterocycles. The molecule has 1 atom stereocenters. The van der Waals surface area contributed by atoms with Crippen LogP contribution in [0.3, 0.4) is 0 Å². The lowest BCUT2D eigenvalue weighted by molar-refractivity contribution is 0.238. The number of aryl methyl sites for hydroxylation is 1. The Kier molecular flexibility index (Phi) is 11.4. The van der Waals surface area contributed by atoms with Gasteiger partial charge in [0.2, 0.25) is 0 Å². The number of guanidine groups is 1. The maximum absolute atomic E-state index is 4.83. The van der Waals surface area contributed by atoms with E-state index in [1.807, 2.05) is 18.5 Å². The molecule has 1 heterocycles. The van der Waals surface area contributed by atoms with E-state index >= 15 is 0 Å². The number of rotatable bonds is 9. The Morgan fingerprint density at radius 2 is 1.91 bits per heavy atom. The van der Waals surface area contributed by atoms with E-state index in [4.69, 9.17) is 4.99 Å². The minimum Gasteiger partial charge on any atom is -0.356 e. The van der Waals surface area contributed by atoms with E-state index in [0.29, 0.717) is 18.6 Å². The summed E-state index contributed by atoms with van der Waals surface area (Å²) >= 11 is 0. The second-order valence-electron chi connectivity index (χ2n) is 8.83. The fraction of sp³-hybridized carbons (Fsp3) is 0.625. The van der Waals surface area contributed by atoms with Crippen molar-refractivity contribution < 1.29 is 0 Å². The second-order valence-corrected chi connectivity index (χ2v) is 8.83. The predicted molar refractivity (Wildman–Crippen MR) is 142 cm³/mol. The highest BCUT2D eigenvalue weighted by molar-refractivity contribution is 14.0. The summed E-state index contributed by atoms with van der Waals surface area (Å²) in [4.78, 5) is 7.24. The molecular formula is C24H40IN7. The van der Waals surface area contributed by atoms with Crippen molar-refractivity contribution in [2.24, 2.45) is 12.0 Å². The van der Waals surface area contributed by atoms with Crippen molar-refractivity contribution in [3.05, 3.63) is 47.5 Å². The van der Waals surface area contributed by atoms with E-state index in [2.05, 4.69) is 70.0 Å². The predicted octanol–water partition coefficient (Wildman–Crippen LogP) is 4.02. The Hall–Kier alpha value is -1.68. The van der Waals surface area contributed by atoms with E-state index in [1.54, 1.807) is 0 Å². The van der Waals surface area contributed by atoms with Gasteiger partial charge in [0.25, 0.3) is 0 Å². The van der Waals surface area contributed by atoms with E-state index in [1.165, 1.54) is 37.7 Å². The van der Waals surface area contributed by atoms with Gasteiger partial charge >= 0.3 is 0 Å². The summed E-state index contributed by atoms with van der Waals surface area (Å²) in [5, 5.41) is 15.6. The number of nitrogens with one attached hydrogen (secondary N) is 2. The number of nitrogens with zero attached hydrogens (tertiary/aromatic N) is 5. The normalized spacial score (nSPS) is 16.0. The Morgan fingerprint density at radius 1 is 1.19 bits per heavy atom. The van der Waals surface area contributed by atoms with Crippen molar-refractivity contribution in [1.82, 2.24) is 30.3 Å². The average Bonchev–Trinajstić information content (AvgIpc) is 3.10. The largest absolute Gasteiger partial charge is 0.356 e. The third-order valence-electron chi connectivity index (χ3n) is 6.39. The zero-order chi connectivity index (χ0) is 22.1. The fourth-order valence-electron chi connectivity index (χ4n) is 3.98. The fourth-order valence-corrected chi connectivity index (χ4v) is 3.98. The molecule has 1 aromatic carbocycles. The molecule has 0 amide bonds. The zero-order valence-electron chi connectivity index (χ0n) is 20.0. The smallest absolute Gasteiger partial charge is 0.191 e. The van der Waals surface area contributed by atoms with Gasteiger partial charge < -0.3 is 15.2 Å². The molecule has 32 heavy (non-hydrogen) atoms. The standard InChI is InChI=1S/C24H39N7.HI/c1-19(30(3)18-21-11-7-5-8-12-21)15-16-25-24(27-22-13-9-6-10-14-22)26-17-23-29-28-20(2)31(23)4;/h5,7-8,11-12,19,22H,6,9-10,13-18H2,1-4H3,(H2,25,26,27);1H. The van der Waals surface area contributed by atoms with Crippen molar-refractivity contribution in [3.8, 4) is 0 Å². The molecule has 1 aliphatic rings. The van der Waals surface area contributed by atoms with Gasteiger partial charge in [0, 0.05) is 32.2 Å². The SMILES string of the molecule is Cc1nnc(CN=C(NCCC(C)N(C)Cc2ccccc2)NC2CCCCC2)n1C.I. The monoisotopic (exact) mass is 553 g/mol. The molecule has 2 N–H and O–H groups in total. The first-order valence-corrected chi connectivity index (χ1v) is 11.7. The molecule has 8 heteroatoms. The number of halogens is 1. The van der Waals surface area contributed by atoms with Gasteiger partial charge in [0.05, 0.1) is 0 Å². The molecule has 7 nitrogen and oxygen atoms in total. The quantitative estimate of drug-likeness (QED) is 0.279. The summed E-state index contributed by atoms with van der Waals surface area (Å²) in [5.74, 6) is 2.69. The average molecular weight is 554 g/mol. The molecular weight excluding hydrogens is 513 g/mol. The Labute approximate surface area is 210 Å². The Bertz CT molecular complexity index is 815. The van der Waals surface area contributed by atoms with Crippen molar-refractivity contribution in [1.29, 1.82) is 0 Å². The lowest BCUT2D eigenvalue weighted by Gasteiger charge is -2.27.